The van der Waals surface area contributed by atoms with E-state index in [0.29, 0.717) is 12.2 Å². The highest BCUT2D eigenvalue weighted by molar-refractivity contribution is 5.94. The largest absolute Gasteiger partial charge is 0.452 e. The van der Waals surface area contributed by atoms with E-state index in [1.807, 2.05) is 6.92 Å². The van der Waals surface area contributed by atoms with Gasteiger partial charge in [0.05, 0.1) is 5.56 Å². The third-order valence-electron chi connectivity index (χ3n) is 2.33. The minimum absolute atomic E-state index is 0.227. The first-order valence-electron chi connectivity index (χ1n) is 6.34. The highest BCUT2D eigenvalue weighted by Crippen LogP contribution is 2.11. The highest BCUT2D eigenvalue weighted by Gasteiger charge is 2.10. The molecular weight excluding hydrogens is 260 g/mol. The first-order valence-corrected chi connectivity index (χ1v) is 6.34. The van der Waals surface area contributed by atoms with Gasteiger partial charge < -0.3 is 15.4 Å². The van der Waals surface area contributed by atoms with E-state index in [4.69, 9.17) is 4.74 Å². The van der Waals surface area contributed by atoms with Crippen molar-refractivity contribution in [3.63, 3.8) is 0 Å². The molecule has 0 aromatic heterocycles. The van der Waals surface area contributed by atoms with Crippen LogP contribution in [0.25, 0.3) is 0 Å². The minimum atomic E-state index is -0.608. The van der Waals surface area contributed by atoms with Gasteiger partial charge in [-0.3, -0.25) is 9.59 Å². The number of hydrogen-bond donors (Lipinski definition) is 2. The molecule has 0 atom stereocenters. The summed E-state index contributed by atoms with van der Waals surface area (Å²) < 4.78 is 4.88. The lowest BCUT2D eigenvalue weighted by Gasteiger charge is -2.07. The zero-order chi connectivity index (χ0) is 15.0. The minimum Gasteiger partial charge on any atom is -0.452 e. The topological polar surface area (TPSA) is 84.5 Å². The van der Waals surface area contributed by atoms with Crippen LogP contribution in [0, 0.1) is 0 Å². The molecular formula is C14H18N2O4. The Morgan fingerprint density at radius 2 is 2.00 bits per heavy atom. The number of ether oxygens (including phenoxy) is 1. The van der Waals surface area contributed by atoms with Gasteiger partial charge in [0, 0.05) is 19.2 Å². The summed E-state index contributed by atoms with van der Waals surface area (Å²) in [5.74, 6) is -1.17. The van der Waals surface area contributed by atoms with Gasteiger partial charge in [0.15, 0.2) is 6.61 Å². The lowest BCUT2D eigenvalue weighted by Crippen LogP contribution is -2.29. The summed E-state index contributed by atoms with van der Waals surface area (Å²) in [5, 5.41) is 5.17. The molecule has 0 unspecified atom stereocenters. The summed E-state index contributed by atoms with van der Waals surface area (Å²) in [6.45, 7) is 3.54. The molecule has 6 nitrogen and oxygen atoms in total. The van der Waals surface area contributed by atoms with Crippen molar-refractivity contribution in [2.24, 2.45) is 0 Å². The van der Waals surface area contributed by atoms with Crippen molar-refractivity contribution < 1.29 is 19.1 Å². The molecule has 2 N–H and O–H groups in total. The zero-order valence-electron chi connectivity index (χ0n) is 11.6. The number of rotatable bonds is 6. The maximum atomic E-state index is 11.7. The molecule has 0 heterocycles. The van der Waals surface area contributed by atoms with Gasteiger partial charge in [-0.2, -0.15) is 0 Å². The second-order valence-corrected chi connectivity index (χ2v) is 4.19. The van der Waals surface area contributed by atoms with E-state index in [-0.39, 0.29) is 24.0 Å². The fourth-order valence-electron chi connectivity index (χ4n) is 1.46. The van der Waals surface area contributed by atoms with Gasteiger partial charge in [0.1, 0.15) is 0 Å². The number of carbonyl (C=O) groups excluding carboxylic acids is 3. The van der Waals surface area contributed by atoms with Crippen molar-refractivity contribution in [1.82, 2.24) is 5.32 Å². The smallest absolute Gasteiger partial charge is 0.338 e. The van der Waals surface area contributed by atoms with Gasteiger partial charge in [-0.1, -0.05) is 13.0 Å². The van der Waals surface area contributed by atoms with Gasteiger partial charge >= 0.3 is 5.97 Å². The molecule has 1 aromatic rings. The quantitative estimate of drug-likeness (QED) is 0.769. The Balaban J connectivity index is 2.55. The Hall–Kier alpha value is -2.37. The first-order chi connectivity index (χ1) is 9.52. The van der Waals surface area contributed by atoms with Crippen LogP contribution >= 0.6 is 0 Å². The summed E-state index contributed by atoms with van der Waals surface area (Å²) in [5.41, 5.74) is 0.780. The fraction of sp³-hybridized carbons (Fsp3) is 0.357. The Bertz CT molecular complexity index is 500. The monoisotopic (exact) mass is 278 g/mol. The molecule has 20 heavy (non-hydrogen) atoms. The number of nitrogens with one attached hydrogen (secondary N) is 2. The van der Waals surface area contributed by atoms with Crippen LogP contribution in [0.2, 0.25) is 0 Å². The maximum Gasteiger partial charge on any atom is 0.338 e. The predicted octanol–water partition coefficient (Wildman–Crippen LogP) is 1.33. The normalized spacial score (nSPS) is 9.70. The maximum absolute atomic E-state index is 11.7. The van der Waals surface area contributed by atoms with E-state index in [1.165, 1.54) is 13.0 Å². The van der Waals surface area contributed by atoms with Crippen molar-refractivity contribution in [3.8, 4) is 0 Å². The van der Waals surface area contributed by atoms with Crippen LogP contribution < -0.4 is 10.6 Å². The third kappa shape index (κ3) is 5.51. The Morgan fingerprint density at radius 1 is 1.25 bits per heavy atom. The number of amides is 2. The Labute approximate surface area is 117 Å². The van der Waals surface area contributed by atoms with Gasteiger partial charge in [0.2, 0.25) is 5.91 Å². The van der Waals surface area contributed by atoms with Crippen LogP contribution in [0.1, 0.15) is 30.6 Å². The van der Waals surface area contributed by atoms with Crippen LogP contribution in [0.4, 0.5) is 5.69 Å². The molecule has 108 valence electrons. The summed E-state index contributed by atoms with van der Waals surface area (Å²) in [6, 6.07) is 6.33. The average molecular weight is 278 g/mol. The van der Waals surface area contributed by atoms with Gasteiger partial charge in [-0.05, 0) is 24.6 Å². The van der Waals surface area contributed by atoms with Crippen LogP contribution in [-0.4, -0.2) is 30.9 Å². The summed E-state index contributed by atoms with van der Waals surface area (Å²) in [7, 11) is 0. The number of anilines is 1. The summed E-state index contributed by atoms with van der Waals surface area (Å²) in [6.07, 6.45) is 0.818. The molecule has 0 saturated carbocycles. The Kier molecular flexibility index (Phi) is 6.22. The van der Waals surface area contributed by atoms with Crippen molar-refractivity contribution in [2.75, 3.05) is 18.5 Å². The predicted molar refractivity (Wildman–Crippen MR) is 74.3 cm³/mol. The van der Waals surface area contributed by atoms with Crippen LogP contribution in [0.3, 0.4) is 0 Å². The molecule has 0 spiro atoms. The van der Waals surface area contributed by atoms with Crippen LogP contribution in [0.15, 0.2) is 24.3 Å². The van der Waals surface area contributed by atoms with E-state index in [0.717, 1.165) is 6.42 Å². The first kappa shape index (κ1) is 15.7. The molecule has 0 aliphatic rings. The van der Waals surface area contributed by atoms with E-state index >= 15 is 0 Å². The molecule has 0 aliphatic carbocycles. The van der Waals surface area contributed by atoms with Gasteiger partial charge in [-0.25, -0.2) is 4.79 Å². The molecule has 0 aliphatic heterocycles. The van der Waals surface area contributed by atoms with E-state index in [1.54, 1.807) is 18.2 Å². The number of carbonyl (C=O) groups is 3. The van der Waals surface area contributed by atoms with Crippen molar-refractivity contribution in [2.45, 2.75) is 20.3 Å². The molecule has 0 fully saturated rings. The van der Waals surface area contributed by atoms with E-state index < -0.39 is 5.97 Å². The lowest BCUT2D eigenvalue weighted by atomic mass is 10.2. The van der Waals surface area contributed by atoms with Crippen molar-refractivity contribution >= 4 is 23.5 Å². The van der Waals surface area contributed by atoms with E-state index in [2.05, 4.69) is 10.6 Å². The number of benzene rings is 1. The van der Waals surface area contributed by atoms with Gasteiger partial charge in [0.25, 0.3) is 5.91 Å². The molecule has 6 heteroatoms. The highest BCUT2D eigenvalue weighted by atomic mass is 16.5. The summed E-state index contributed by atoms with van der Waals surface area (Å²) >= 11 is 0. The van der Waals surface area contributed by atoms with Crippen molar-refractivity contribution in [3.05, 3.63) is 29.8 Å². The second-order valence-electron chi connectivity index (χ2n) is 4.19. The van der Waals surface area contributed by atoms with E-state index in [9.17, 15) is 14.4 Å². The van der Waals surface area contributed by atoms with Crippen molar-refractivity contribution in [1.29, 1.82) is 0 Å². The number of esters is 1. The van der Waals surface area contributed by atoms with Crippen LogP contribution in [0.5, 0.6) is 0 Å². The molecule has 1 rings (SSSR count). The average Bonchev–Trinajstić information content (AvgIpc) is 2.42. The summed E-state index contributed by atoms with van der Waals surface area (Å²) in [4.78, 5) is 34.0. The fourth-order valence-corrected chi connectivity index (χ4v) is 1.46. The Morgan fingerprint density at radius 3 is 2.65 bits per heavy atom. The second kappa shape index (κ2) is 7.93. The molecule has 0 bridgehead atoms. The SMILES string of the molecule is CCCNC(=O)COC(=O)c1cccc(NC(C)=O)c1. The standard InChI is InChI=1S/C14H18N2O4/c1-3-7-15-13(18)9-20-14(19)11-5-4-6-12(8-11)16-10(2)17/h4-6,8H,3,7,9H2,1-2H3,(H,15,18)(H,16,17). The zero-order valence-corrected chi connectivity index (χ0v) is 11.6. The molecule has 1 aromatic carbocycles. The molecule has 0 radical (unpaired) electrons. The lowest BCUT2D eigenvalue weighted by molar-refractivity contribution is -0.124. The molecule has 0 saturated heterocycles. The number of hydrogen-bond acceptors (Lipinski definition) is 4. The van der Waals surface area contributed by atoms with Crippen LogP contribution in [-0.2, 0) is 14.3 Å². The third-order valence-corrected chi connectivity index (χ3v) is 2.33. The molecule has 2 amide bonds. The van der Waals surface area contributed by atoms with Gasteiger partial charge in [-0.15, -0.1) is 0 Å².